The van der Waals surface area contributed by atoms with Crippen molar-refractivity contribution in [3.05, 3.63) is 65.2 Å². The van der Waals surface area contributed by atoms with Crippen molar-refractivity contribution >= 4 is 35.1 Å². The number of hydrogen-bond acceptors (Lipinski definition) is 5. The maximum absolute atomic E-state index is 12.0. The Balaban J connectivity index is 1.55. The van der Waals surface area contributed by atoms with Crippen LogP contribution >= 0.6 is 23.4 Å². The molecule has 0 bridgehead atoms. The molecule has 0 fully saturated rings. The molecule has 0 unspecified atom stereocenters. The van der Waals surface area contributed by atoms with Crippen LogP contribution in [-0.2, 0) is 11.8 Å². The number of nitrogens with zero attached hydrogens (tertiary/aromatic N) is 3. The first-order chi connectivity index (χ1) is 13.1. The zero-order valence-electron chi connectivity index (χ0n) is 14.6. The van der Waals surface area contributed by atoms with Crippen LogP contribution in [0.25, 0.3) is 11.4 Å². The van der Waals surface area contributed by atoms with Gasteiger partial charge in [0.15, 0.2) is 16.8 Å². The second-order valence-electron chi connectivity index (χ2n) is 5.70. The van der Waals surface area contributed by atoms with Crippen LogP contribution in [0.3, 0.4) is 0 Å². The summed E-state index contributed by atoms with van der Waals surface area (Å²) in [7, 11) is 1.82. The molecule has 138 valence electrons. The number of Topliss-reactive ketones (excluding diaryl/α,β-unsaturated/α-hetero) is 1. The van der Waals surface area contributed by atoms with Gasteiger partial charge in [0.1, 0.15) is 0 Å². The third-order valence-electron chi connectivity index (χ3n) is 3.82. The quantitative estimate of drug-likeness (QED) is 0.486. The second kappa shape index (κ2) is 8.83. The van der Waals surface area contributed by atoms with E-state index >= 15 is 0 Å². The smallest absolute Gasteiger partial charge is 0.230 e. The summed E-state index contributed by atoms with van der Waals surface area (Å²) in [6.45, 7) is -0.0346. The Labute approximate surface area is 165 Å². The van der Waals surface area contributed by atoms with E-state index in [2.05, 4.69) is 15.5 Å². The number of nitrogens with one attached hydrogen (secondary N) is 1. The van der Waals surface area contributed by atoms with Crippen molar-refractivity contribution in [2.45, 2.75) is 5.16 Å². The number of thioether (sulfide) groups is 1. The van der Waals surface area contributed by atoms with Crippen LogP contribution in [0.4, 0.5) is 0 Å². The van der Waals surface area contributed by atoms with E-state index in [4.69, 9.17) is 11.6 Å². The molecule has 8 heteroatoms. The number of carbonyl (C=O) groups is 2. The standard InChI is InChI=1S/C19H17ClN4O2S/c1-24-18(14-9-5-6-10-15(14)20)22-23-19(24)27-12-17(26)21-11-16(25)13-7-3-2-4-8-13/h2-10H,11-12H2,1H3,(H,21,26). The van der Waals surface area contributed by atoms with E-state index in [1.807, 2.05) is 31.3 Å². The summed E-state index contributed by atoms with van der Waals surface area (Å²) in [5.41, 5.74) is 1.35. The van der Waals surface area contributed by atoms with Crippen molar-refractivity contribution in [2.24, 2.45) is 7.05 Å². The molecule has 3 aromatic rings. The highest BCUT2D eigenvalue weighted by molar-refractivity contribution is 7.99. The predicted molar refractivity (Wildman–Crippen MR) is 106 cm³/mol. The molecule has 0 atom stereocenters. The summed E-state index contributed by atoms with van der Waals surface area (Å²) in [6, 6.07) is 16.2. The van der Waals surface area contributed by atoms with Crippen molar-refractivity contribution in [3.8, 4) is 11.4 Å². The van der Waals surface area contributed by atoms with Gasteiger partial charge in [-0.1, -0.05) is 65.8 Å². The predicted octanol–water partition coefficient (Wildman–Crippen LogP) is 3.23. The van der Waals surface area contributed by atoms with Gasteiger partial charge in [0.05, 0.1) is 17.3 Å². The Bertz CT molecular complexity index is 959. The Hall–Kier alpha value is -2.64. The lowest BCUT2D eigenvalue weighted by Crippen LogP contribution is -2.30. The van der Waals surface area contributed by atoms with E-state index in [1.54, 1.807) is 34.9 Å². The zero-order chi connectivity index (χ0) is 19.2. The summed E-state index contributed by atoms with van der Waals surface area (Å²) in [4.78, 5) is 24.0. The molecule has 0 aliphatic rings. The molecule has 1 aromatic heterocycles. The maximum Gasteiger partial charge on any atom is 0.230 e. The monoisotopic (exact) mass is 400 g/mol. The molecule has 3 rings (SSSR count). The summed E-state index contributed by atoms with van der Waals surface area (Å²) >= 11 is 7.45. The number of hydrogen-bond donors (Lipinski definition) is 1. The molecule has 27 heavy (non-hydrogen) atoms. The first kappa shape index (κ1) is 19.1. The third-order valence-corrected chi connectivity index (χ3v) is 5.17. The summed E-state index contributed by atoms with van der Waals surface area (Å²) in [5.74, 6) is 0.388. The number of benzene rings is 2. The summed E-state index contributed by atoms with van der Waals surface area (Å²) in [5, 5.41) is 12.1. The van der Waals surface area contributed by atoms with Crippen LogP contribution in [0.2, 0.25) is 5.02 Å². The van der Waals surface area contributed by atoms with Crippen LogP contribution in [0.5, 0.6) is 0 Å². The van der Waals surface area contributed by atoms with Gasteiger partial charge in [-0.25, -0.2) is 0 Å². The number of ketones is 1. The minimum atomic E-state index is -0.244. The fraction of sp³-hybridized carbons (Fsp3) is 0.158. The molecule has 1 amide bonds. The Morgan fingerprint density at radius 2 is 1.78 bits per heavy atom. The molecular weight excluding hydrogens is 384 g/mol. The van der Waals surface area contributed by atoms with Crippen LogP contribution in [-0.4, -0.2) is 38.8 Å². The van der Waals surface area contributed by atoms with E-state index < -0.39 is 0 Å². The van der Waals surface area contributed by atoms with Gasteiger partial charge in [-0.15, -0.1) is 10.2 Å². The largest absolute Gasteiger partial charge is 0.348 e. The molecular formula is C19H17ClN4O2S. The minimum Gasteiger partial charge on any atom is -0.348 e. The number of aromatic nitrogens is 3. The molecule has 6 nitrogen and oxygen atoms in total. The number of rotatable bonds is 7. The number of carbonyl (C=O) groups excluding carboxylic acids is 2. The van der Waals surface area contributed by atoms with E-state index in [-0.39, 0.29) is 24.0 Å². The van der Waals surface area contributed by atoms with Crippen molar-refractivity contribution < 1.29 is 9.59 Å². The Morgan fingerprint density at radius 3 is 2.52 bits per heavy atom. The number of halogens is 1. The summed E-state index contributed by atoms with van der Waals surface area (Å²) < 4.78 is 1.79. The van der Waals surface area contributed by atoms with Gasteiger partial charge in [0.25, 0.3) is 0 Å². The highest BCUT2D eigenvalue weighted by atomic mass is 35.5. The van der Waals surface area contributed by atoms with Crippen LogP contribution in [0.15, 0.2) is 59.8 Å². The average molecular weight is 401 g/mol. The lowest BCUT2D eigenvalue weighted by Gasteiger charge is -2.06. The van der Waals surface area contributed by atoms with E-state index in [1.165, 1.54) is 11.8 Å². The molecule has 0 radical (unpaired) electrons. The average Bonchev–Trinajstić information content (AvgIpc) is 3.06. The van der Waals surface area contributed by atoms with Gasteiger partial charge < -0.3 is 9.88 Å². The van der Waals surface area contributed by atoms with Crippen molar-refractivity contribution in [2.75, 3.05) is 12.3 Å². The molecule has 0 spiro atoms. The van der Waals surface area contributed by atoms with Crippen LogP contribution in [0.1, 0.15) is 10.4 Å². The van der Waals surface area contributed by atoms with Crippen molar-refractivity contribution in [1.82, 2.24) is 20.1 Å². The van der Waals surface area contributed by atoms with Crippen molar-refractivity contribution in [1.29, 1.82) is 0 Å². The highest BCUT2D eigenvalue weighted by Crippen LogP contribution is 2.28. The van der Waals surface area contributed by atoms with E-state index in [0.29, 0.717) is 21.6 Å². The highest BCUT2D eigenvalue weighted by Gasteiger charge is 2.15. The fourth-order valence-electron chi connectivity index (χ4n) is 2.40. The molecule has 0 saturated carbocycles. The molecule has 2 aromatic carbocycles. The lowest BCUT2D eigenvalue weighted by atomic mass is 10.1. The second-order valence-corrected chi connectivity index (χ2v) is 7.05. The summed E-state index contributed by atoms with van der Waals surface area (Å²) in [6.07, 6.45) is 0. The van der Waals surface area contributed by atoms with Gasteiger partial charge in [0.2, 0.25) is 5.91 Å². The van der Waals surface area contributed by atoms with Gasteiger partial charge in [-0.2, -0.15) is 0 Å². The minimum absolute atomic E-state index is 0.0346. The third kappa shape index (κ3) is 4.75. The van der Waals surface area contributed by atoms with Gasteiger partial charge in [-0.05, 0) is 12.1 Å². The molecule has 0 saturated heterocycles. The molecule has 0 aliphatic heterocycles. The Kier molecular flexibility index (Phi) is 6.26. The van der Waals surface area contributed by atoms with E-state index in [0.717, 1.165) is 5.56 Å². The first-order valence-electron chi connectivity index (χ1n) is 8.18. The molecule has 0 aliphatic carbocycles. The molecule has 1 heterocycles. The van der Waals surface area contributed by atoms with Gasteiger partial charge in [0, 0.05) is 18.2 Å². The SMILES string of the molecule is Cn1c(SCC(=O)NCC(=O)c2ccccc2)nnc1-c1ccccc1Cl. The van der Waals surface area contributed by atoms with Gasteiger partial charge in [-0.3, -0.25) is 9.59 Å². The Morgan fingerprint density at radius 1 is 1.07 bits per heavy atom. The first-order valence-corrected chi connectivity index (χ1v) is 9.54. The maximum atomic E-state index is 12.0. The van der Waals surface area contributed by atoms with Gasteiger partial charge >= 0.3 is 0 Å². The normalized spacial score (nSPS) is 10.6. The van der Waals surface area contributed by atoms with E-state index in [9.17, 15) is 9.59 Å². The topological polar surface area (TPSA) is 76.9 Å². The van der Waals surface area contributed by atoms with Crippen LogP contribution < -0.4 is 5.32 Å². The van der Waals surface area contributed by atoms with Crippen molar-refractivity contribution in [3.63, 3.8) is 0 Å². The lowest BCUT2D eigenvalue weighted by molar-refractivity contribution is -0.118. The fourth-order valence-corrected chi connectivity index (χ4v) is 3.36. The zero-order valence-corrected chi connectivity index (χ0v) is 16.1. The number of amides is 1. The van der Waals surface area contributed by atoms with Crippen LogP contribution in [0, 0.1) is 0 Å². The molecule has 1 N–H and O–H groups in total.